The summed E-state index contributed by atoms with van der Waals surface area (Å²) in [4.78, 5) is 0. The highest BCUT2D eigenvalue weighted by Crippen LogP contribution is 2.45. The average Bonchev–Trinajstić information content (AvgIpc) is 2.70. The molecule has 0 unspecified atom stereocenters. The minimum atomic E-state index is -0.812. The fraction of sp³-hybridized carbons (Fsp3) is 0.455. The van der Waals surface area contributed by atoms with Gasteiger partial charge in [0.05, 0.1) is 16.7 Å². The lowest BCUT2D eigenvalue weighted by molar-refractivity contribution is 0.300. The molecular formula is C22H26Cl2F2N2O. The lowest BCUT2D eigenvalue weighted by Crippen LogP contribution is -2.02. The Morgan fingerprint density at radius 3 is 1.93 bits per heavy atom. The van der Waals surface area contributed by atoms with Crippen molar-refractivity contribution < 1.29 is 13.5 Å². The molecular weight excluding hydrogens is 417 g/mol. The van der Waals surface area contributed by atoms with Crippen LogP contribution < -0.4 is 4.74 Å². The number of hydrogen-bond acceptors (Lipinski definition) is 3. The second kappa shape index (κ2) is 11.5. The molecule has 0 spiro atoms. The normalized spacial score (nSPS) is 11.4. The molecule has 0 atom stereocenters. The van der Waals surface area contributed by atoms with E-state index in [9.17, 15) is 8.78 Å². The maximum atomic E-state index is 13.8. The Hall–Kier alpha value is -1.72. The zero-order valence-corrected chi connectivity index (χ0v) is 18.5. The van der Waals surface area contributed by atoms with Crippen LogP contribution in [0.4, 0.5) is 20.2 Å². The second-order valence-electron chi connectivity index (χ2n) is 6.94. The van der Waals surface area contributed by atoms with Gasteiger partial charge in [0, 0.05) is 11.1 Å². The SMILES string of the molecule is CCCCCCCCOc1c(C)c(Cl)c(N=Nc2c(F)cccc2F)c(Cl)c1C. The van der Waals surface area contributed by atoms with Crippen LogP contribution in [0.2, 0.25) is 10.0 Å². The first kappa shape index (κ1) is 23.6. The van der Waals surface area contributed by atoms with E-state index in [-0.39, 0.29) is 15.7 Å². The summed E-state index contributed by atoms with van der Waals surface area (Å²) in [6.45, 7) is 6.36. The maximum Gasteiger partial charge on any atom is 0.157 e. The zero-order valence-electron chi connectivity index (χ0n) is 17.0. The van der Waals surface area contributed by atoms with Gasteiger partial charge in [-0.2, -0.15) is 0 Å². The number of unbranched alkanes of at least 4 members (excludes halogenated alkanes) is 5. The zero-order chi connectivity index (χ0) is 21.4. The van der Waals surface area contributed by atoms with Gasteiger partial charge in [-0.15, -0.1) is 10.2 Å². The molecule has 0 aromatic heterocycles. The standard InChI is InChI=1S/C22H26Cl2F2N2O/c1-4-5-6-7-8-9-13-29-22-14(2)18(23)21(19(24)15(22)3)28-27-20-16(25)11-10-12-17(20)26/h10-12H,4-9,13H2,1-3H3. The third-order valence-corrected chi connectivity index (χ3v) is 5.61. The third kappa shape index (κ3) is 6.13. The van der Waals surface area contributed by atoms with Gasteiger partial charge in [0.2, 0.25) is 0 Å². The van der Waals surface area contributed by atoms with Gasteiger partial charge in [-0.1, -0.05) is 68.3 Å². The summed E-state index contributed by atoms with van der Waals surface area (Å²) in [5.41, 5.74) is 1.02. The predicted molar refractivity (Wildman–Crippen MR) is 115 cm³/mol. The molecule has 7 heteroatoms. The Bertz CT molecular complexity index is 823. The summed E-state index contributed by atoms with van der Waals surface area (Å²) in [6, 6.07) is 3.47. The van der Waals surface area contributed by atoms with E-state index in [1.165, 1.54) is 31.7 Å². The third-order valence-electron chi connectivity index (χ3n) is 4.69. The number of ether oxygens (including phenoxy) is 1. The van der Waals surface area contributed by atoms with Gasteiger partial charge in [0.1, 0.15) is 11.4 Å². The maximum absolute atomic E-state index is 13.8. The van der Waals surface area contributed by atoms with Gasteiger partial charge in [0.15, 0.2) is 17.3 Å². The van der Waals surface area contributed by atoms with Gasteiger partial charge in [-0.25, -0.2) is 8.78 Å². The van der Waals surface area contributed by atoms with Crippen LogP contribution in [0.25, 0.3) is 0 Å². The molecule has 0 N–H and O–H groups in total. The van der Waals surface area contributed by atoms with Crippen LogP contribution in [0.5, 0.6) is 5.75 Å². The van der Waals surface area contributed by atoms with Gasteiger partial charge in [0.25, 0.3) is 0 Å². The number of rotatable bonds is 10. The molecule has 0 amide bonds. The lowest BCUT2D eigenvalue weighted by Gasteiger charge is -2.16. The Morgan fingerprint density at radius 1 is 0.828 bits per heavy atom. The number of halogens is 4. The number of hydrogen-bond donors (Lipinski definition) is 0. The van der Waals surface area contributed by atoms with Gasteiger partial charge < -0.3 is 4.74 Å². The highest BCUT2D eigenvalue weighted by Gasteiger charge is 2.19. The molecule has 2 rings (SSSR count). The minimum absolute atomic E-state index is 0.165. The Balaban J connectivity index is 2.16. The molecule has 0 saturated heterocycles. The van der Waals surface area contributed by atoms with Crippen molar-refractivity contribution in [3.63, 3.8) is 0 Å². The molecule has 3 nitrogen and oxygen atoms in total. The molecule has 0 aliphatic heterocycles. The molecule has 0 radical (unpaired) electrons. The molecule has 2 aromatic carbocycles. The van der Waals surface area contributed by atoms with E-state index in [4.69, 9.17) is 27.9 Å². The first-order valence-electron chi connectivity index (χ1n) is 9.85. The molecule has 0 heterocycles. The van der Waals surface area contributed by atoms with Crippen molar-refractivity contribution in [3.8, 4) is 5.75 Å². The van der Waals surface area contributed by atoms with Crippen molar-refractivity contribution in [2.45, 2.75) is 59.3 Å². The van der Waals surface area contributed by atoms with Crippen LogP contribution in [0, 0.1) is 25.5 Å². The lowest BCUT2D eigenvalue weighted by atomic mass is 10.1. The molecule has 0 saturated carbocycles. The molecule has 0 fully saturated rings. The second-order valence-corrected chi connectivity index (χ2v) is 7.70. The summed E-state index contributed by atoms with van der Waals surface area (Å²) in [6.07, 6.45) is 6.99. The van der Waals surface area contributed by atoms with E-state index < -0.39 is 17.3 Å². The summed E-state index contributed by atoms with van der Waals surface area (Å²) >= 11 is 12.8. The molecule has 29 heavy (non-hydrogen) atoms. The van der Waals surface area contributed by atoms with E-state index in [2.05, 4.69) is 17.2 Å². The van der Waals surface area contributed by atoms with Gasteiger partial charge >= 0.3 is 0 Å². The van der Waals surface area contributed by atoms with Crippen molar-refractivity contribution in [1.82, 2.24) is 0 Å². The quantitative estimate of drug-likeness (QED) is 0.266. The Labute approximate surface area is 181 Å². The first-order chi connectivity index (χ1) is 13.9. The number of azo groups is 1. The summed E-state index contributed by atoms with van der Waals surface area (Å²) in [7, 11) is 0. The molecule has 158 valence electrons. The van der Waals surface area contributed by atoms with Crippen LogP contribution >= 0.6 is 23.2 Å². The largest absolute Gasteiger partial charge is 0.493 e. The van der Waals surface area contributed by atoms with Crippen LogP contribution in [0.15, 0.2) is 28.4 Å². The van der Waals surface area contributed by atoms with Crippen molar-refractivity contribution in [3.05, 3.63) is 51.0 Å². The Kier molecular flexibility index (Phi) is 9.31. The topological polar surface area (TPSA) is 34.0 Å². The van der Waals surface area contributed by atoms with Crippen molar-refractivity contribution in [2.24, 2.45) is 10.2 Å². The van der Waals surface area contributed by atoms with Crippen LogP contribution in [0.3, 0.4) is 0 Å². The van der Waals surface area contributed by atoms with Crippen LogP contribution in [-0.4, -0.2) is 6.61 Å². The van der Waals surface area contributed by atoms with Crippen molar-refractivity contribution >= 4 is 34.6 Å². The van der Waals surface area contributed by atoms with Crippen LogP contribution in [-0.2, 0) is 0 Å². The molecule has 0 bridgehead atoms. The first-order valence-corrected chi connectivity index (χ1v) is 10.6. The fourth-order valence-electron chi connectivity index (χ4n) is 2.98. The van der Waals surface area contributed by atoms with Crippen molar-refractivity contribution in [2.75, 3.05) is 6.61 Å². The fourth-order valence-corrected chi connectivity index (χ4v) is 3.46. The predicted octanol–water partition coefficient (Wildman–Crippen LogP) is 9.04. The van der Waals surface area contributed by atoms with Gasteiger partial charge in [-0.05, 0) is 32.4 Å². The summed E-state index contributed by atoms with van der Waals surface area (Å²) < 4.78 is 33.5. The summed E-state index contributed by atoms with van der Waals surface area (Å²) in [5, 5.41) is 8.11. The van der Waals surface area contributed by atoms with E-state index in [0.717, 1.165) is 25.0 Å². The average molecular weight is 443 g/mol. The number of nitrogens with zero attached hydrogens (tertiary/aromatic N) is 2. The number of benzene rings is 2. The highest BCUT2D eigenvalue weighted by atomic mass is 35.5. The van der Waals surface area contributed by atoms with Crippen LogP contribution in [0.1, 0.15) is 56.6 Å². The molecule has 0 aliphatic rings. The molecule has 2 aromatic rings. The monoisotopic (exact) mass is 442 g/mol. The van der Waals surface area contributed by atoms with E-state index in [1.807, 2.05) is 0 Å². The Morgan fingerprint density at radius 2 is 1.34 bits per heavy atom. The minimum Gasteiger partial charge on any atom is -0.493 e. The van der Waals surface area contributed by atoms with E-state index >= 15 is 0 Å². The smallest absolute Gasteiger partial charge is 0.157 e. The summed E-state index contributed by atoms with van der Waals surface area (Å²) in [5.74, 6) is -1.01. The highest BCUT2D eigenvalue weighted by molar-refractivity contribution is 6.40. The van der Waals surface area contributed by atoms with Gasteiger partial charge in [-0.3, -0.25) is 0 Å². The van der Waals surface area contributed by atoms with E-state index in [1.54, 1.807) is 13.8 Å². The van der Waals surface area contributed by atoms with E-state index in [0.29, 0.717) is 23.5 Å². The molecule has 0 aliphatic carbocycles. The van der Waals surface area contributed by atoms with Crippen molar-refractivity contribution in [1.29, 1.82) is 0 Å².